The van der Waals surface area contributed by atoms with Crippen LogP contribution in [0.5, 0.6) is 0 Å². The molecule has 1 aromatic carbocycles. The zero-order chi connectivity index (χ0) is 14.5. The van der Waals surface area contributed by atoms with Gasteiger partial charge in [0.1, 0.15) is 0 Å². The highest BCUT2D eigenvalue weighted by molar-refractivity contribution is 6.31. The number of benzene rings is 1. The molecule has 0 bridgehead atoms. The molecule has 0 aromatic heterocycles. The highest BCUT2D eigenvalue weighted by Gasteiger charge is 2.19. The van der Waals surface area contributed by atoms with Crippen molar-refractivity contribution in [3.8, 4) is 0 Å². The van der Waals surface area contributed by atoms with Crippen LogP contribution in [0.25, 0.3) is 0 Å². The third-order valence-corrected chi connectivity index (χ3v) is 3.91. The minimum absolute atomic E-state index is 0.0477. The van der Waals surface area contributed by atoms with E-state index in [2.05, 4.69) is 22.5 Å². The summed E-state index contributed by atoms with van der Waals surface area (Å²) in [5, 5.41) is 7.07. The summed E-state index contributed by atoms with van der Waals surface area (Å²) in [7, 11) is 0. The molecule has 1 aliphatic heterocycles. The summed E-state index contributed by atoms with van der Waals surface area (Å²) in [4.78, 5) is 14.3. The van der Waals surface area contributed by atoms with Crippen molar-refractivity contribution in [2.45, 2.75) is 25.9 Å². The van der Waals surface area contributed by atoms with Crippen LogP contribution in [0.3, 0.4) is 0 Å². The Morgan fingerprint density at radius 1 is 1.55 bits per heavy atom. The van der Waals surface area contributed by atoms with Crippen molar-refractivity contribution >= 4 is 17.5 Å². The molecule has 1 aromatic rings. The van der Waals surface area contributed by atoms with Crippen LogP contribution in [0.15, 0.2) is 24.3 Å². The van der Waals surface area contributed by atoms with Crippen molar-refractivity contribution in [3.63, 3.8) is 0 Å². The first-order chi connectivity index (χ1) is 9.56. The molecule has 2 atom stereocenters. The second-order valence-electron chi connectivity index (χ2n) is 5.40. The SMILES string of the molecule is CC1CN(CC(=O)NC(C)c2ccccc2Cl)CCN1. The number of hydrogen-bond acceptors (Lipinski definition) is 3. The Morgan fingerprint density at radius 2 is 2.30 bits per heavy atom. The van der Waals surface area contributed by atoms with Crippen molar-refractivity contribution in [2.24, 2.45) is 0 Å². The monoisotopic (exact) mass is 295 g/mol. The van der Waals surface area contributed by atoms with Gasteiger partial charge in [-0.1, -0.05) is 29.8 Å². The highest BCUT2D eigenvalue weighted by Crippen LogP contribution is 2.21. The van der Waals surface area contributed by atoms with Crippen LogP contribution in [-0.4, -0.2) is 43.0 Å². The van der Waals surface area contributed by atoms with E-state index >= 15 is 0 Å². The van der Waals surface area contributed by atoms with Gasteiger partial charge in [0.2, 0.25) is 5.91 Å². The second kappa shape index (κ2) is 7.07. The summed E-state index contributed by atoms with van der Waals surface area (Å²) in [6.07, 6.45) is 0. The van der Waals surface area contributed by atoms with Gasteiger partial charge in [0.05, 0.1) is 12.6 Å². The number of nitrogens with zero attached hydrogens (tertiary/aromatic N) is 1. The van der Waals surface area contributed by atoms with Gasteiger partial charge in [-0.25, -0.2) is 0 Å². The van der Waals surface area contributed by atoms with Gasteiger partial charge in [0.15, 0.2) is 0 Å². The molecule has 0 saturated carbocycles. The summed E-state index contributed by atoms with van der Waals surface area (Å²) in [5.74, 6) is 0.0477. The molecule has 0 radical (unpaired) electrons. The van der Waals surface area contributed by atoms with Gasteiger partial charge >= 0.3 is 0 Å². The Labute approximate surface area is 125 Å². The number of amides is 1. The molecule has 0 aliphatic carbocycles. The third-order valence-electron chi connectivity index (χ3n) is 3.57. The Bertz CT molecular complexity index is 466. The number of rotatable bonds is 4. The molecule has 2 unspecified atom stereocenters. The molecule has 1 amide bonds. The van der Waals surface area contributed by atoms with Crippen molar-refractivity contribution in [3.05, 3.63) is 34.9 Å². The summed E-state index contributed by atoms with van der Waals surface area (Å²) in [5.41, 5.74) is 0.955. The molecule has 1 fully saturated rings. The summed E-state index contributed by atoms with van der Waals surface area (Å²) in [6.45, 7) is 7.30. The van der Waals surface area contributed by atoms with Gasteiger partial charge < -0.3 is 10.6 Å². The lowest BCUT2D eigenvalue weighted by atomic mass is 10.1. The molecule has 2 N–H and O–H groups in total. The lowest BCUT2D eigenvalue weighted by molar-refractivity contribution is -0.123. The molecular weight excluding hydrogens is 274 g/mol. The van der Waals surface area contributed by atoms with Crippen LogP contribution in [-0.2, 0) is 4.79 Å². The van der Waals surface area contributed by atoms with Gasteiger partial charge in [-0.15, -0.1) is 0 Å². The minimum Gasteiger partial charge on any atom is -0.348 e. The number of carbonyl (C=O) groups is 1. The smallest absolute Gasteiger partial charge is 0.234 e. The number of hydrogen-bond donors (Lipinski definition) is 2. The Kier molecular flexibility index (Phi) is 5.40. The predicted octanol–water partition coefficient (Wildman–Crippen LogP) is 1.81. The molecule has 4 nitrogen and oxygen atoms in total. The number of nitrogens with one attached hydrogen (secondary N) is 2. The van der Waals surface area contributed by atoms with Crippen LogP contribution < -0.4 is 10.6 Å². The van der Waals surface area contributed by atoms with E-state index in [1.54, 1.807) is 0 Å². The van der Waals surface area contributed by atoms with E-state index in [0.29, 0.717) is 17.6 Å². The second-order valence-corrected chi connectivity index (χ2v) is 5.81. The first-order valence-corrected chi connectivity index (χ1v) is 7.43. The molecule has 0 spiro atoms. The minimum atomic E-state index is -0.0726. The summed E-state index contributed by atoms with van der Waals surface area (Å²) >= 11 is 6.14. The van der Waals surface area contributed by atoms with Crippen molar-refractivity contribution in [1.82, 2.24) is 15.5 Å². The van der Waals surface area contributed by atoms with E-state index < -0.39 is 0 Å². The van der Waals surface area contributed by atoms with E-state index in [-0.39, 0.29) is 11.9 Å². The fourth-order valence-corrected chi connectivity index (χ4v) is 2.85. The molecule has 1 saturated heterocycles. The lowest BCUT2D eigenvalue weighted by Crippen LogP contribution is -2.51. The first-order valence-electron chi connectivity index (χ1n) is 7.06. The van der Waals surface area contributed by atoms with Gasteiger partial charge in [-0.2, -0.15) is 0 Å². The zero-order valence-corrected chi connectivity index (χ0v) is 12.8. The predicted molar refractivity (Wildman–Crippen MR) is 81.9 cm³/mol. The lowest BCUT2D eigenvalue weighted by Gasteiger charge is -2.31. The summed E-state index contributed by atoms with van der Waals surface area (Å²) in [6, 6.07) is 7.98. The highest BCUT2D eigenvalue weighted by atomic mass is 35.5. The molecule has 2 rings (SSSR count). The summed E-state index contributed by atoms with van der Waals surface area (Å²) < 4.78 is 0. The van der Waals surface area contributed by atoms with E-state index in [0.717, 1.165) is 25.2 Å². The molecule has 1 heterocycles. The maximum atomic E-state index is 12.1. The van der Waals surface area contributed by atoms with Crippen LogP contribution >= 0.6 is 11.6 Å². The van der Waals surface area contributed by atoms with Gasteiger partial charge in [0.25, 0.3) is 0 Å². The van der Waals surface area contributed by atoms with Crippen LogP contribution in [0.1, 0.15) is 25.5 Å². The molecule has 1 aliphatic rings. The van der Waals surface area contributed by atoms with Gasteiger partial charge in [0, 0.05) is 30.7 Å². The van der Waals surface area contributed by atoms with Crippen LogP contribution in [0.2, 0.25) is 5.02 Å². The number of halogens is 1. The zero-order valence-electron chi connectivity index (χ0n) is 12.0. The molecule has 20 heavy (non-hydrogen) atoms. The number of carbonyl (C=O) groups excluding carboxylic acids is 1. The molecule has 110 valence electrons. The standard InChI is InChI=1S/C15H22ClN3O/c1-11-9-19(8-7-17-11)10-15(20)18-12(2)13-5-3-4-6-14(13)16/h3-6,11-12,17H,7-10H2,1-2H3,(H,18,20). The fraction of sp³-hybridized carbons (Fsp3) is 0.533. The van der Waals surface area contributed by atoms with Gasteiger partial charge in [-0.3, -0.25) is 9.69 Å². The first kappa shape index (κ1) is 15.3. The maximum Gasteiger partial charge on any atom is 0.234 e. The number of piperazine rings is 1. The third kappa shape index (κ3) is 4.20. The fourth-order valence-electron chi connectivity index (χ4n) is 2.55. The Balaban J connectivity index is 1.86. The largest absolute Gasteiger partial charge is 0.348 e. The quantitative estimate of drug-likeness (QED) is 0.890. The molecule has 5 heteroatoms. The van der Waals surface area contributed by atoms with E-state index in [9.17, 15) is 4.79 Å². The normalized spacial score (nSPS) is 21.4. The van der Waals surface area contributed by atoms with Crippen LogP contribution in [0, 0.1) is 0 Å². The average molecular weight is 296 g/mol. The van der Waals surface area contributed by atoms with Crippen molar-refractivity contribution in [1.29, 1.82) is 0 Å². The topological polar surface area (TPSA) is 44.4 Å². The van der Waals surface area contributed by atoms with Crippen LogP contribution in [0.4, 0.5) is 0 Å². The van der Waals surface area contributed by atoms with Gasteiger partial charge in [-0.05, 0) is 25.5 Å². The Morgan fingerprint density at radius 3 is 3.00 bits per heavy atom. The van der Waals surface area contributed by atoms with E-state index in [1.165, 1.54) is 0 Å². The maximum absolute atomic E-state index is 12.1. The molecular formula is C15H22ClN3O. The van der Waals surface area contributed by atoms with Crippen molar-refractivity contribution in [2.75, 3.05) is 26.2 Å². The average Bonchev–Trinajstić information content (AvgIpc) is 2.38. The van der Waals surface area contributed by atoms with Crippen molar-refractivity contribution < 1.29 is 4.79 Å². The van der Waals surface area contributed by atoms with E-state index in [4.69, 9.17) is 11.6 Å². The van der Waals surface area contributed by atoms with E-state index in [1.807, 2.05) is 31.2 Å². The Hall–Kier alpha value is -1.10.